The van der Waals surface area contributed by atoms with E-state index in [9.17, 15) is 9.59 Å². The van der Waals surface area contributed by atoms with Crippen LogP contribution >= 0.6 is 11.8 Å². The van der Waals surface area contributed by atoms with Crippen molar-refractivity contribution >= 4 is 45.3 Å². The summed E-state index contributed by atoms with van der Waals surface area (Å²) < 4.78 is 7.08. The van der Waals surface area contributed by atoms with Crippen molar-refractivity contribution in [1.29, 1.82) is 0 Å². The molecule has 2 heterocycles. The molecule has 7 nitrogen and oxygen atoms in total. The Bertz CT molecular complexity index is 1590. The fraction of sp³-hybridized carbons (Fsp3) is 0.148. The van der Waals surface area contributed by atoms with Crippen molar-refractivity contribution < 1.29 is 9.53 Å². The van der Waals surface area contributed by atoms with Gasteiger partial charge < -0.3 is 15.0 Å². The van der Waals surface area contributed by atoms with Crippen molar-refractivity contribution in [1.82, 2.24) is 14.5 Å². The van der Waals surface area contributed by atoms with Gasteiger partial charge in [-0.3, -0.25) is 14.2 Å². The average Bonchev–Trinajstić information content (AvgIpc) is 3.23. The molecule has 35 heavy (non-hydrogen) atoms. The highest BCUT2D eigenvalue weighted by atomic mass is 32.2. The molecule has 0 radical (unpaired) electrons. The zero-order chi connectivity index (χ0) is 24.4. The number of aryl methyl sites for hydroxylation is 1. The molecule has 2 N–H and O–H groups in total. The van der Waals surface area contributed by atoms with Gasteiger partial charge in [0.25, 0.3) is 5.56 Å². The maximum Gasteiger partial charge on any atom is 0.283 e. The molecule has 2 aromatic heterocycles. The molecule has 0 aliphatic carbocycles. The van der Waals surface area contributed by atoms with Gasteiger partial charge in [-0.05, 0) is 61.9 Å². The largest absolute Gasteiger partial charge is 0.494 e. The number of aromatic amines is 1. The summed E-state index contributed by atoms with van der Waals surface area (Å²) in [5, 5.41) is 4.22. The summed E-state index contributed by atoms with van der Waals surface area (Å²) >= 11 is 1.22. The van der Waals surface area contributed by atoms with Crippen LogP contribution < -0.4 is 15.6 Å². The van der Waals surface area contributed by atoms with Gasteiger partial charge in [-0.2, -0.15) is 0 Å². The Labute approximate surface area is 206 Å². The van der Waals surface area contributed by atoms with Crippen LogP contribution in [-0.4, -0.2) is 32.8 Å². The van der Waals surface area contributed by atoms with Gasteiger partial charge in [-0.15, -0.1) is 0 Å². The first kappa shape index (κ1) is 22.7. The zero-order valence-electron chi connectivity index (χ0n) is 19.4. The van der Waals surface area contributed by atoms with E-state index in [1.54, 1.807) is 0 Å². The summed E-state index contributed by atoms with van der Waals surface area (Å²) in [5.74, 6) is 0.647. The third-order valence-corrected chi connectivity index (χ3v) is 6.47. The zero-order valence-corrected chi connectivity index (χ0v) is 20.2. The van der Waals surface area contributed by atoms with Crippen molar-refractivity contribution in [2.45, 2.75) is 19.0 Å². The number of ether oxygens (including phenoxy) is 1. The number of H-pyrrole nitrogens is 1. The van der Waals surface area contributed by atoms with Crippen LogP contribution in [0, 0.1) is 6.92 Å². The third kappa shape index (κ3) is 4.65. The van der Waals surface area contributed by atoms with E-state index in [-0.39, 0.29) is 17.2 Å². The number of carbonyl (C=O) groups excluding carboxylic acids is 1. The normalized spacial score (nSPS) is 11.1. The number of anilines is 1. The Morgan fingerprint density at radius 1 is 1.09 bits per heavy atom. The van der Waals surface area contributed by atoms with Crippen LogP contribution in [0.1, 0.15) is 12.5 Å². The number of fused-ring (bicyclic) bond motifs is 3. The lowest BCUT2D eigenvalue weighted by Crippen LogP contribution is -2.23. The number of thioether (sulfide) groups is 1. The molecule has 0 atom stereocenters. The van der Waals surface area contributed by atoms with Gasteiger partial charge in [0.05, 0.1) is 18.0 Å². The second-order valence-electron chi connectivity index (χ2n) is 8.06. The van der Waals surface area contributed by atoms with Gasteiger partial charge in [-0.1, -0.05) is 42.1 Å². The van der Waals surface area contributed by atoms with E-state index in [0.29, 0.717) is 28.5 Å². The van der Waals surface area contributed by atoms with Crippen molar-refractivity contribution in [3.05, 3.63) is 88.7 Å². The molecule has 0 bridgehead atoms. The molecule has 0 spiro atoms. The van der Waals surface area contributed by atoms with Gasteiger partial charge in [0.2, 0.25) is 5.91 Å². The number of nitrogens with one attached hydrogen (secondary N) is 2. The number of para-hydroxylation sites is 1. The number of benzene rings is 3. The Hall–Kier alpha value is -4.04. The first-order valence-corrected chi connectivity index (χ1v) is 12.3. The molecule has 0 fully saturated rings. The molecule has 0 unspecified atom stereocenters. The van der Waals surface area contributed by atoms with Crippen molar-refractivity contribution in [2.24, 2.45) is 0 Å². The molecular weight excluding hydrogens is 460 g/mol. The summed E-state index contributed by atoms with van der Waals surface area (Å²) in [6.45, 7) is 4.45. The molecule has 0 saturated carbocycles. The molecule has 0 saturated heterocycles. The van der Waals surface area contributed by atoms with Gasteiger partial charge >= 0.3 is 0 Å². The van der Waals surface area contributed by atoms with Crippen LogP contribution in [0.5, 0.6) is 5.75 Å². The molecular formula is C27H24N4O3S. The number of rotatable bonds is 7. The number of amides is 1. The molecule has 0 aliphatic rings. The van der Waals surface area contributed by atoms with Crippen LogP contribution in [-0.2, 0) is 4.79 Å². The second-order valence-corrected chi connectivity index (χ2v) is 9.00. The molecule has 5 rings (SSSR count). The molecule has 0 aliphatic heterocycles. The summed E-state index contributed by atoms with van der Waals surface area (Å²) in [5.41, 5.74) is 4.07. The summed E-state index contributed by atoms with van der Waals surface area (Å²) in [4.78, 5) is 34.4. The Balaban J connectivity index is 1.54. The number of aromatic nitrogens is 3. The summed E-state index contributed by atoms with van der Waals surface area (Å²) in [6, 6.07) is 22.6. The van der Waals surface area contributed by atoms with Gasteiger partial charge in [-0.25, -0.2) is 4.98 Å². The van der Waals surface area contributed by atoms with E-state index < -0.39 is 0 Å². The smallest absolute Gasteiger partial charge is 0.283 e. The molecule has 3 aromatic carbocycles. The van der Waals surface area contributed by atoms with Crippen LogP contribution in [0.25, 0.3) is 27.6 Å². The number of hydrogen-bond donors (Lipinski definition) is 2. The van der Waals surface area contributed by atoms with Crippen LogP contribution in [0.2, 0.25) is 0 Å². The molecule has 176 valence electrons. The minimum Gasteiger partial charge on any atom is -0.494 e. The lowest BCUT2D eigenvalue weighted by atomic mass is 10.2. The van der Waals surface area contributed by atoms with Gasteiger partial charge in [0.1, 0.15) is 16.8 Å². The Kier molecular flexibility index (Phi) is 6.29. The quantitative estimate of drug-likeness (QED) is 0.242. The van der Waals surface area contributed by atoms with Gasteiger partial charge in [0.15, 0.2) is 5.16 Å². The summed E-state index contributed by atoms with van der Waals surface area (Å²) in [6.07, 6.45) is 0. The molecule has 1 amide bonds. The minimum absolute atomic E-state index is 0.102. The highest BCUT2D eigenvalue weighted by Gasteiger charge is 2.18. The SMILES string of the molecule is CCOc1ccc(-n2c(SCC(=O)Nc3cccc(C)c3)nc3c([nH]c4ccccc43)c2=O)cc1. The van der Waals surface area contributed by atoms with E-state index >= 15 is 0 Å². The highest BCUT2D eigenvalue weighted by molar-refractivity contribution is 7.99. The molecule has 5 aromatic rings. The number of carbonyl (C=O) groups is 1. The minimum atomic E-state index is -0.225. The lowest BCUT2D eigenvalue weighted by Gasteiger charge is -2.13. The van der Waals surface area contributed by atoms with E-state index in [1.807, 2.05) is 86.6 Å². The fourth-order valence-corrected chi connectivity index (χ4v) is 4.78. The number of nitrogens with zero attached hydrogens (tertiary/aromatic N) is 2. The predicted molar refractivity (Wildman–Crippen MR) is 141 cm³/mol. The summed E-state index contributed by atoms with van der Waals surface area (Å²) in [7, 11) is 0. The first-order chi connectivity index (χ1) is 17.0. The second kappa shape index (κ2) is 9.68. The van der Waals surface area contributed by atoms with Crippen LogP contribution in [0.4, 0.5) is 5.69 Å². The maximum absolute atomic E-state index is 13.6. The molecule has 8 heteroatoms. The third-order valence-electron chi connectivity index (χ3n) is 5.53. The van der Waals surface area contributed by atoms with E-state index in [2.05, 4.69) is 10.3 Å². The average molecular weight is 485 g/mol. The van der Waals surface area contributed by atoms with Crippen LogP contribution in [0.3, 0.4) is 0 Å². The standard InChI is InChI=1S/C27H24N4O3S/c1-3-34-20-13-11-19(12-14-20)31-26(33)25-24(21-9-4-5-10-22(21)29-25)30-27(31)35-16-23(32)28-18-8-6-7-17(2)15-18/h4-15,29H,3,16H2,1-2H3,(H,28,32). The van der Waals surface area contributed by atoms with Crippen molar-refractivity contribution in [2.75, 3.05) is 17.7 Å². The Morgan fingerprint density at radius 3 is 2.66 bits per heavy atom. The maximum atomic E-state index is 13.6. The monoisotopic (exact) mass is 484 g/mol. The predicted octanol–water partition coefficient (Wildman–Crippen LogP) is 5.30. The topological polar surface area (TPSA) is 89.0 Å². The van der Waals surface area contributed by atoms with E-state index in [1.165, 1.54) is 16.3 Å². The van der Waals surface area contributed by atoms with E-state index in [0.717, 1.165) is 27.9 Å². The van der Waals surface area contributed by atoms with Crippen molar-refractivity contribution in [3.63, 3.8) is 0 Å². The van der Waals surface area contributed by atoms with Crippen LogP contribution in [0.15, 0.2) is 82.7 Å². The highest BCUT2D eigenvalue weighted by Crippen LogP contribution is 2.27. The fourth-order valence-electron chi connectivity index (χ4n) is 3.97. The van der Waals surface area contributed by atoms with Gasteiger partial charge in [0, 0.05) is 16.6 Å². The number of hydrogen-bond acceptors (Lipinski definition) is 5. The first-order valence-electron chi connectivity index (χ1n) is 11.3. The van der Waals surface area contributed by atoms with Crippen molar-refractivity contribution in [3.8, 4) is 11.4 Å². The Morgan fingerprint density at radius 2 is 1.89 bits per heavy atom. The lowest BCUT2D eigenvalue weighted by molar-refractivity contribution is -0.113. The van der Waals surface area contributed by atoms with E-state index in [4.69, 9.17) is 9.72 Å².